The summed E-state index contributed by atoms with van der Waals surface area (Å²) >= 11 is 4.62. The van der Waals surface area contributed by atoms with Crippen LogP contribution >= 0.6 is 12.6 Å². The molecule has 0 amide bonds. The Kier molecular flexibility index (Phi) is 6.12. The number of hydrogen-bond donors (Lipinski definition) is 1. The molecule has 0 saturated carbocycles. The van der Waals surface area contributed by atoms with E-state index in [1.807, 2.05) is 0 Å². The third-order valence-corrected chi connectivity index (χ3v) is 2.94. The molecular weight excluding hydrogens is 152 g/mol. The molecule has 0 aromatic heterocycles. The molecule has 0 heterocycles. The van der Waals surface area contributed by atoms with Crippen molar-refractivity contribution in [1.82, 2.24) is 0 Å². The standard InChI is InChI=1S/C10H22S/c1-5-9(6-2)10(11)7-8(3)4/h8-11H,5-7H2,1-4H3. The van der Waals surface area contributed by atoms with Crippen molar-refractivity contribution >= 4 is 12.6 Å². The lowest BCUT2D eigenvalue weighted by molar-refractivity contribution is 0.418. The summed E-state index contributed by atoms with van der Waals surface area (Å²) in [6.07, 6.45) is 3.81. The lowest BCUT2D eigenvalue weighted by atomic mass is 9.93. The predicted octanol–water partition coefficient (Wildman–Crippen LogP) is 3.77. The average molecular weight is 174 g/mol. The summed E-state index contributed by atoms with van der Waals surface area (Å²) < 4.78 is 0. The topological polar surface area (TPSA) is 0 Å². The molecule has 0 aromatic rings. The van der Waals surface area contributed by atoms with Gasteiger partial charge in [0.15, 0.2) is 0 Å². The minimum Gasteiger partial charge on any atom is -0.176 e. The van der Waals surface area contributed by atoms with Crippen LogP contribution in [0.15, 0.2) is 0 Å². The van der Waals surface area contributed by atoms with Crippen molar-refractivity contribution in [2.75, 3.05) is 0 Å². The zero-order chi connectivity index (χ0) is 8.85. The first kappa shape index (κ1) is 11.4. The van der Waals surface area contributed by atoms with Gasteiger partial charge < -0.3 is 0 Å². The van der Waals surface area contributed by atoms with E-state index in [0.29, 0.717) is 5.25 Å². The monoisotopic (exact) mass is 174 g/mol. The van der Waals surface area contributed by atoms with Gasteiger partial charge in [0.2, 0.25) is 0 Å². The second-order valence-corrected chi connectivity index (χ2v) is 4.44. The SMILES string of the molecule is CCC(CC)C(S)CC(C)C. The van der Waals surface area contributed by atoms with Crippen molar-refractivity contribution in [2.45, 2.75) is 52.2 Å². The highest BCUT2D eigenvalue weighted by Gasteiger charge is 2.14. The smallest absolute Gasteiger partial charge is 0.00473 e. The zero-order valence-corrected chi connectivity index (χ0v) is 9.20. The lowest BCUT2D eigenvalue weighted by Gasteiger charge is -2.21. The van der Waals surface area contributed by atoms with E-state index in [4.69, 9.17) is 0 Å². The fraction of sp³-hybridized carbons (Fsp3) is 1.00. The first-order chi connectivity index (χ1) is 5.11. The van der Waals surface area contributed by atoms with E-state index in [1.54, 1.807) is 0 Å². The van der Waals surface area contributed by atoms with Crippen LogP contribution in [0.3, 0.4) is 0 Å². The summed E-state index contributed by atoms with van der Waals surface area (Å²) in [6, 6.07) is 0. The maximum absolute atomic E-state index is 4.62. The maximum atomic E-state index is 4.62. The Bertz CT molecular complexity index is 84.9. The van der Waals surface area contributed by atoms with Crippen LogP contribution in [-0.2, 0) is 0 Å². The molecule has 0 aliphatic heterocycles. The van der Waals surface area contributed by atoms with E-state index in [9.17, 15) is 0 Å². The van der Waals surface area contributed by atoms with Gasteiger partial charge in [0.05, 0.1) is 0 Å². The normalized spacial score (nSPS) is 14.5. The van der Waals surface area contributed by atoms with Gasteiger partial charge in [0.25, 0.3) is 0 Å². The largest absolute Gasteiger partial charge is 0.176 e. The number of rotatable bonds is 5. The molecule has 0 N–H and O–H groups in total. The Morgan fingerprint density at radius 3 is 1.82 bits per heavy atom. The van der Waals surface area contributed by atoms with Crippen LogP contribution in [0.5, 0.6) is 0 Å². The van der Waals surface area contributed by atoms with Crippen molar-refractivity contribution in [3.8, 4) is 0 Å². The second-order valence-electron chi connectivity index (χ2n) is 3.77. The van der Waals surface area contributed by atoms with Crippen molar-refractivity contribution in [1.29, 1.82) is 0 Å². The molecule has 0 nitrogen and oxygen atoms in total. The van der Waals surface area contributed by atoms with E-state index in [1.165, 1.54) is 19.3 Å². The fourth-order valence-corrected chi connectivity index (χ4v) is 2.35. The van der Waals surface area contributed by atoms with Crippen LogP contribution in [0.1, 0.15) is 47.0 Å². The van der Waals surface area contributed by atoms with Gasteiger partial charge in [0, 0.05) is 5.25 Å². The van der Waals surface area contributed by atoms with E-state index in [2.05, 4.69) is 40.3 Å². The van der Waals surface area contributed by atoms with Crippen LogP contribution in [0, 0.1) is 11.8 Å². The summed E-state index contributed by atoms with van der Waals surface area (Å²) in [5, 5.41) is 0.616. The van der Waals surface area contributed by atoms with Crippen LogP contribution < -0.4 is 0 Å². The van der Waals surface area contributed by atoms with Crippen LogP contribution in [0.2, 0.25) is 0 Å². The van der Waals surface area contributed by atoms with Gasteiger partial charge in [-0.25, -0.2) is 0 Å². The highest BCUT2D eigenvalue weighted by atomic mass is 32.1. The molecule has 0 aliphatic rings. The molecule has 0 aliphatic carbocycles. The summed E-state index contributed by atoms with van der Waals surface area (Å²) in [7, 11) is 0. The molecule has 0 radical (unpaired) electrons. The van der Waals surface area contributed by atoms with E-state index in [0.717, 1.165) is 11.8 Å². The van der Waals surface area contributed by atoms with Crippen LogP contribution in [0.4, 0.5) is 0 Å². The van der Waals surface area contributed by atoms with E-state index >= 15 is 0 Å². The molecule has 1 heteroatoms. The molecule has 0 bridgehead atoms. The van der Waals surface area contributed by atoms with Gasteiger partial charge in [-0.05, 0) is 18.3 Å². The van der Waals surface area contributed by atoms with E-state index in [-0.39, 0.29) is 0 Å². The molecule has 1 unspecified atom stereocenters. The highest BCUT2D eigenvalue weighted by Crippen LogP contribution is 2.23. The van der Waals surface area contributed by atoms with Gasteiger partial charge in [-0.15, -0.1) is 0 Å². The Morgan fingerprint density at radius 2 is 1.55 bits per heavy atom. The zero-order valence-electron chi connectivity index (χ0n) is 8.30. The van der Waals surface area contributed by atoms with Crippen LogP contribution in [0.25, 0.3) is 0 Å². The Hall–Kier alpha value is 0.350. The van der Waals surface area contributed by atoms with Crippen molar-refractivity contribution < 1.29 is 0 Å². The minimum atomic E-state index is 0.616. The maximum Gasteiger partial charge on any atom is 0.00473 e. The third kappa shape index (κ3) is 4.73. The summed E-state index contributed by atoms with van der Waals surface area (Å²) in [5.41, 5.74) is 0. The predicted molar refractivity (Wildman–Crippen MR) is 56.3 cm³/mol. The molecule has 0 fully saturated rings. The first-order valence-electron chi connectivity index (χ1n) is 4.79. The van der Waals surface area contributed by atoms with Crippen molar-refractivity contribution in [2.24, 2.45) is 11.8 Å². The summed E-state index contributed by atoms with van der Waals surface area (Å²) in [6.45, 7) is 9.06. The first-order valence-corrected chi connectivity index (χ1v) is 5.31. The minimum absolute atomic E-state index is 0.616. The average Bonchev–Trinajstić information content (AvgIpc) is 1.88. The summed E-state index contributed by atoms with van der Waals surface area (Å²) in [5.74, 6) is 1.61. The molecule has 11 heavy (non-hydrogen) atoms. The van der Waals surface area contributed by atoms with Gasteiger partial charge in [-0.1, -0.05) is 40.5 Å². The molecule has 0 spiro atoms. The quantitative estimate of drug-likeness (QED) is 0.603. The molecule has 1 atom stereocenters. The lowest BCUT2D eigenvalue weighted by Crippen LogP contribution is -2.15. The molecule has 0 rings (SSSR count). The molecule has 68 valence electrons. The van der Waals surface area contributed by atoms with Crippen LogP contribution in [-0.4, -0.2) is 5.25 Å². The number of thiol groups is 1. The number of hydrogen-bond acceptors (Lipinski definition) is 1. The molecule has 0 saturated heterocycles. The van der Waals surface area contributed by atoms with Gasteiger partial charge in [0.1, 0.15) is 0 Å². The van der Waals surface area contributed by atoms with Crippen molar-refractivity contribution in [3.63, 3.8) is 0 Å². The third-order valence-electron chi connectivity index (χ3n) is 2.31. The van der Waals surface area contributed by atoms with Gasteiger partial charge in [-0.3, -0.25) is 0 Å². The fourth-order valence-electron chi connectivity index (χ4n) is 1.51. The van der Waals surface area contributed by atoms with Crippen molar-refractivity contribution in [3.05, 3.63) is 0 Å². The Morgan fingerprint density at radius 1 is 1.09 bits per heavy atom. The second kappa shape index (κ2) is 5.93. The summed E-state index contributed by atoms with van der Waals surface area (Å²) in [4.78, 5) is 0. The Labute approximate surface area is 77.2 Å². The highest BCUT2D eigenvalue weighted by molar-refractivity contribution is 7.81. The van der Waals surface area contributed by atoms with Gasteiger partial charge >= 0.3 is 0 Å². The molecular formula is C10H22S. The van der Waals surface area contributed by atoms with Gasteiger partial charge in [-0.2, -0.15) is 12.6 Å². The molecule has 0 aromatic carbocycles. The van der Waals surface area contributed by atoms with E-state index < -0.39 is 0 Å². The Balaban J connectivity index is 3.68.